The molecule has 1 aromatic rings. The van der Waals surface area contributed by atoms with E-state index in [0.717, 1.165) is 24.8 Å². The number of aromatic hydroxyl groups is 1. The van der Waals surface area contributed by atoms with Crippen molar-refractivity contribution in [3.05, 3.63) is 35.9 Å². The summed E-state index contributed by atoms with van der Waals surface area (Å²) in [5.41, 5.74) is 0.905. The Bertz CT molecular complexity index is 495. The van der Waals surface area contributed by atoms with Gasteiger partial charge in [0.05, 0.1) is 7.11 Å². The maximum Gasteiger partial charge on any atom is 0.220 e. The van der Waals surface area contributed by atoms with Gasteiger partial charge in [-0.25, -0.2) is 0 Å². The molecule has 0 aliphatic heterocycles. The molecule has 1 rings (SSSR count). The Morgan fingerprint density at radius 3 is 2.74 bits per heavy atom. The summed E-state index contributed by atoms with van der Waals surface area (Å²) in [4.78, 5) is 11.8. The van der Waals surface area contributed by atoms with Crippen molar-refractivity contribution < 1.29 is 14.6 Å². The van der Waals surface area contributed by atoms with Gasteiger partial charge < -0.3 is 15.2 Å². The molecule has 0 atom stereocenters. The van der Waals surface area contributed by atoms with Crippen LogP contribution in [-0.2, 0) is 11.3 Å². The first kappa shape index (κ1) is 21.0. The van der Waals surface area contributed by atoms with E-state index in [1.54, 1.807) is 18.2 Å². The SMILES string of the molecule is C.COc1cc(CNC(=O)CCCC/C=C\C(C)C)ccc1O. The molecule has 0 saturated heterocycles. The van der Waals surface area contributed by atoms with Gasteiger partial charge in [0.1, 0.15) is 0 Å². The third-order valence-electron chi connectivity index (χ3n) is 3.28. The number of nitrogens with one attached hydrogen (secondary N) is 1. The number of methoxy groups -OCH3 is 1. The molecule has 0 aliphatic rings. The smallest absolute Gasteiger partial charge is 0.220 e. The third-order valence-corrected chi connectivity index (χ3v) is 3.28. The van der Waals surface area contributed by atoms with Gasteiger partial charge in [0.25, 0.3) is 0 Å². The molecule has 0 saturated carbocycles. The van der Waals surface area contributed by atoms with Gasteiger partial charge in [0, 0.05) is 13.0 Å². The minimum Gasteiger partial charge on any atom is -0.504 e. The highest BCUT2D eigenvalue weighted by Crippen LogP contribution is 2.26. The van der Waals surface area contributed by atoms with Crippen LogP contribution in [0.5, 0.6) is 11.5 Å². The number of carbonyl (C=O) groups is 1. The lowest BCUT2D eigenvalue weighted by atomic mass is 10.1. The van der Waals surface area contributed by atoms with Crippen molar-refractivity contribution >= 4 is 5.91 Å². The molecule has 0 aromatic heterocycles. The van der Waals surface area contributed by atoms with Crippen molar-refractivity contribution in [3.63, 3.8) is 0 Å². The molecular weight excluding hydrogens is 290 g/mol. The molecule has 4 heteroatoms. The Morgan fingerprint density at radius 2 is 2.09 bits per heavy atom. The van der Waals surface area contributed by atoms with Crippen molar-refractivity contribution in [1.82, 2.24) is 5.32 Å². The predicted molar refractivity (Wildman–Crippen MR) is 95.7 cm³/mol. The molecule has 0 unspecified atom stereocenters. The number of ether oxygens (including phenoxy) is 1. The zero-order valence-corrected chi connectivity index (χ0v) is 13.8. The van der Waals surface area contributed by atoms with Crippen molar-refractivity contribution in [1.29, 1.82) is 0 Å². The van der Waals surface area contributed by atoms with E-state index in [1.807, 2.05) is 0 Å². The summed E-state index contributed by atoms with van der Waals surface area (Å²) in [5, 5.41) is 12.4. The fourth-order valence-corrected chi connectivity index (χ4v) is 2.04. The van der Waals surface area contributed by atoms with Gasteiger partial charge in [-0.3, -0.25) is 4.79 Å². The van der Waals surface area contributed by atoms with Crippen molar-refractivity contribution in [2.24, 2.45) is 5.92 Å². The van der Waals surface area contributed by atoms with E-state index in [4.69, 9.17) is 4.74 Å². The highest BCUT2D eigenvalue weighted by molar-refractivity contribution is 5.75. The zero-order chi connectivity index (χ0) is 16.4. The number of hydrogen-bond donors (Lipinski definition) is 2. The molecule has 130 valence electrons. The number of carbonyl (C=O) groups excluding carboxylic acids is 1. The van der Waals surface area contributed by atoms with E-state index < -0.39 is 0 Å². The maximum atomic E-state index is 11.8. The second-order valence-corrected chi connectivity index (χ2v) is 5.70. The number of unbranched alkanes of at least 4 members (excludes halogenated alkanes) is 2. The fraction of sp³-hybridized carbons (Fsp3) is 0.526. The normalized spacial score (nSPS) is 10.6. The summed E-state index contributed by atoms with van der Waals surface area (Å²) < 4.78 is 5.04. The molecular formula is C19H31NO3. The Balaban J connectivity index is 0.00000484. The van der Waals surface area contributed by atoms with Crippen molar-refractivity contribution in [3.8, 4) is 11.5 Å². The Labute approximate surface area is 140 Å². The first-order valence-corrected chi connectivity index (χ1v) is 7.82. The quantitative estimate of drug-likeness (QED) is 0.522. The Hall–Kier alpha value is -1.97. The van der Waals surface area contributed by atoms with Crippen LogP contribution in [0.2, 0.25) is 0 Å². The van der Waals surface area contributed by atoms with E-state index in [9.17, 15) is 9.90 Å². The topological polar surface area (TPSA) is 58.6 Å². The first-order valence-electron chi connectivity index (χ1n) is 7.82. The fourth-order valence-electron chi connectivity index (χ4n) is 2.04. The van der Waals surface area contributed by atoms with Crippen molar-refractivity contribution in [2.45, 2.75) is 53.5 Å². The molecule has 2 N–H and O–H groups in total. The highest BCUT2D eigenvalue weighted by atomic mass is 16.5. The first-order chi connectivity index (χ1) is 10.5. The summed E-state index contributed by atoms with van der Waals surface area (Å²) in [6, 6.07) is 5.07. The molecule has 0 spiro atoms. The number of amides is 1. The lowest BCUT2D eigenvalue weighted by Gasteiger charge is -2.08. The second kappa shape index (κ2) is 11.6. The minimum atomic E-state index is 0. The molecule has 0 radical (unpaired) electrons. The van der Waals surface area contributed by atoms with E-state index in [-0.39, 0.29) is 19.1 Å². The van der Waals surface area contributed by atoms with E-state index in [1.165, 1.54) is 7.11 Å². The molecule has 0 bridgehead atoms. The Morgan fingerprint density at radius 1 is 1.35 bits per heavy atom. The lowest BCUT2D eigenvalue weighted by Crippen LogP contribution is -2.22. The number of allylic oxidation sites excluding steroid dienone is 2. The van der Waals surface area contributed by atoms with Crippen LogP contribution in [0.1, 0.15) is 52.5 Å². The number of phenols is 1. The van der Waals surface area contributed by atoms with Crippen molar-refractivity contribution in [2.75, 3.05) is 7.11 Å². The van der Waals surface area contributed by atoms with Crippen LogP contribution in [0.4, 0.5) is 0 Å². The molecule has 0 aliphatic carbocycles. The van der Waals surface area contributed by atoms with Gasteiger partial charge in [-0.05, 0) is 42.9 Å². The summed E-state index contributed by atoms with van der Waals surface area (Å²) in [7, 11) is 1.51. The van der Waals surface area contributed by atoms with Gasteiger partial charge >= 0.3 is 0 Å². The van der Waals surface area contributed by atoms with Gasteiger partial charge in [0.2, 0.25) is 5.91 Å². The lowest BCUT2D eigenvalue weighted by molar-refractivity contribution is -0.121. The average molecular weight is 321 g/mol. The van der Waals surface area contributed by atoms with E-state index in [2.05, 4.69) is 31.3 Å². The number of benzene rings is 1. The molecule has 1 aromatic carbocycles. The second-order valence-electron chi connectivity index (χ2n) is 5.70. The molecule has 1 amide bonds. The number of rotatable bonds is 9. The zero-order valence-electron chi connectivity index (χ0n) is 13.8. The number of hydrogen-bond acceptors (Lipinski definition) is 3. The molecule has 0 heterocycles. The van der Waals surface area contributed by atoms with Gasteiger partial charge in [0.15, 0.2) is 11.5 Å². The monoisotopic (exact) mass is 321 g/mol. The summed E-state index contributed by atoms with van der Waals surface area (Å²) >= 11 is 0. The van der Waals surface area contributed by atoms with Crippen LogP contribution in [0.15, 0.2) is 30.4 Å². The van der Waals surface area contributed by atoms with Gasteiger partial charge in [-0.1, -0.05) is 39.5 Å². The predicted octanol–water partition coefficient (Wildman–Crippen LogP) is 4.43. The van der Waals surface area contributed by atoms with Crippen LogP contribution >= 0.6 is 0 Å². The van der Waals surface area contributed by atoms with Crippen LogP contribution in [0, 0.1) is 5.92 Å². The summed E-state index contributed by atoms with van der Waals surface area (Å²) in [6.45, 7) is 4.76. The summed E-state index contributed by atoms with van der Waals surface area (Å²) in [5.74, 6) is 1.17. The van der Waals surface area contributed by atoms with E-state index >= 15 is 0 Å². The maximum absolute atomic E-state index is 11.8. The molecule has 4 nitrogen and oxygen atoms in total. The van der Waals surface area contributed by atoms with Crippen LogP contribution in [0.25, 0.3) is 0 Å². The average Bonchev–Trinajstić information content (AvgIpc) is 2.49. The molecule has 23 heavy (non-hydrogen) atoms. The largest absolute Gasteiger partial charge is 0.504 e. The Kier molecular flexibility index (Phi) is 10.6. The highest BCUT2D eigenvalue weighted by Gasteiger charge is 2.04. The van der Waals surface area contributed by atoms with Crippen LogP contribution in [0.3, 0.4) is 0 Å². The van der Waals surface area contributed by atoms with Crippen LogP contribution in [-0.4, -0.2) is 18.1 Å². The molecule has 0 fully saturated rings. The third kappa shape index (κ3) is 8.91. The minimum absolute atomic E-state index is 0. The van der Waals surface area contributed by atoms with Gasteiger partial charge in [-0.2, -0.15) is 0 Å². The van der Waals surface area contributed by atoms with Crippen LogP contribution < -0.4 is 10.1 Å². The standard InChI is InChI=1S/C18H27NO3.CH4/c1-14(2)8-6-4-5-7-9-18(21)19-13-15-10-11-16(20)17(12-15)22-3;/h6,8,10-12,14,20H,4-5,7,9,13H2,1-3H3,(H,19,21);1H4/b8-6-;. The van der Waals surface area contributed by atoms with Gasteiger partial charge in [-0.15, -0.1) is 0 Å². The number of phenolic OH excluding ortho intramolecular Hbond substituents is 1. The van der Waals surface area contributed by atoms with E-state index in [0.29, 0.717) is 24.6 Å². The summed E-state index contributed by atoms with van der Waals surface area (Å²) in [6.07, 6.45) is 7.88.